The predicted octanol–water partition coefficient (Wildman–Crippen LogP) is 2.09. The number of ether oxygens (including phenoxy) is 1. The zero-order chi connectivity index (χ0) is 12.1. The Balaban J connectivity index is 0.00000162. The summed E-state index contributed by atoms with van der Waals surface area (Å²) in [7, 11) is 1.72. The van der Waals surface area contributed by atoms with Gasteiger partial charge in [-0.3, -0.25) is 4.99 Å². The van der Waals surface area contributed by atoms with E-state index < -0.39 is 0 Å². The van der Waals surface area contributed by atoms with Crippen molar-refractivity contribution in [2.75, 3.05) is 39.9 Å². The lowest BCUT2D eigenvalue weighted by atomic mass is 9.68. The summed E-state index contributed by atoms with van der Waals surface area (Å²) in [6.07, 6.45) is 5.61. The first-order valence-corrected chi connectivity index (χ1v) is 6.82. The van der Waals surface area contributed by atoms with Crippen molar-refractivity contribution in [1.82, 2.24) is 10.2 Å². The molecule has 2 rings (SSSR count). The first kappa shape index (κ1) is 16.0. The second-order valence-corrected chi connectivity index (χ2v) is 5.25. The highest BCUT2D eigenvalue weighted by molar-refractivity contribution is 14.0. The number of hydrogen-bond acceptors (Lipinski definition) is 2. The van der Waals surface area contributed by atoms with Crippen LogP contribution in [-0.4, -0.2) is 50.8 Å². The Morgan fingerprint density at radius 3 is 2.67 bits per heavy atom. The van der Waals surface area contributed by atoms with Gasteiger partial charge in [-0.15, -0.1) is 24.0 Å². The molecule has 1 heterocycles. The van der Waals surface area contributed by atoms with E-state index in [-0.39, 0.29) is 24.0 Å². The van der Waals surface area contributed by atoms with Crippen LogP contribution in [0.2, 0.25) is 0 Å². The van der Waals surface area contributed by atoms with Gasteiger partial charge in [0.2, 0.25) is 0 Å². The molecule has 1 saturated carbocycles. The van der Waals surface area contributed by atoms with Crippen molar-refractivity contribution in [2.45, 2.75) is 32.6 Å². The monoisotopic (exact) mass is 367 g/mol. The Morgan fingerprint density at radius 2 is 2.17 bits per heavy atom. The van der Waals surface area contributed by atoms with E-state index in [1.165, 1.54) is 38.8 Å². The third-order valence-corrected chi connectivity index (χ3v) is 4.04. The van der Waals surface area contributed by atoms with E-state index in [4.69, 9.17) is 4.74 Å². The third-order valence-electron chi connectivity index (χ3n) is 4.04. The zero-order valence-electron chi connectivity index (χ0n) is 11.6. The molecule has 2 fully saturated rings. The molecular weight excluding hydrogens is 341 g/mol. The molecule has 1 N–H and O–H groups in total. The molecule has 0 aromatic rings. The van der Waals surface area contributed by atoms with Crippen LogP contribution < -0.4 is 5.32 Å². The molecule has 106 valence electrons. The van der Waals surface area contributed by atoms with Gasteiger partial charge in [0, 0.05) is 26.7 Å². The second-order valence-electron chi connectivity index (χ2n) is 5.25. The Hall–Kier alpha value is -0.0400. The lowest BCUT2D eigenvalue weighted by Crippen LogP contribution is -2.42. The van der Waals surface area contributed by atoms with Crippen LogP contribution in [0.1, 0.15) is 32.6 Å². The normalized spacial score (nSPS) is 21.7. The molecular formula is C13H26IN3O. The lowest BCUT2D eigenvalue weighted by molar-refractivity contribution is 0.151. The molecule has 1 spiro atoms. The maximum Gasteiger partial charge on any atom is 0.194 e. The van der Waals surface area contributed by atoms with Crippen molar-refractivity contribution >= 4 is 29.9 Å². The number of hydrogen-bond donors (Lipinski definition) is 1. The molecule has 18 heavy (non-hydrogen) atoms. The number of likely N-dealkylation sites (tertiary alicyclic amines) is 1. The van der Waals surface area contributed by atoms with Gasteiger partial charge in [0.1, 0.15) is 0 Å². The van der Waals surface area contributed by atoms with Crippen molar-refractivity contribution in [1.29, 1.82) is 0 Å². The molecule has 4 nitrogen and oxygen atoms in total. The lowest BCUT2D eigenvalue weighted by Gasteiger charge is -2.38. The fourth-order valence-corrected chi connectivity index (χ4v) is 2.87. The molecule has 1 aliphatic heterocycles. The van der Waals surface area contributed by atoms with Crippen molar-refractivity contribution < 1.29 is 4.74 Å². The van der Waals surface area contributed by atoms with E-state index in [0.29, 0.717) is 12.0 Å². The average molecular weight is 367 g/mol. The summed E-state index contributed by atoms with van der Waals surface area (Å²) in [6, 6.07) is 0. The van der Waals surface area contributed by atoms with Crippen molar-refractivity contribution in [3.05, 3.63) is 0 Å². The summed E-state index contributed by atoms with van der Waals surface area (Å²) >= 11 is 0. The molecule has 0 atom stereocenters. The fourth-order valence-electron chi connectivity index (χ4n) is 2.87. The summed E-state index contributed by atoms with van der Waals surface area (Å²) in [5.74, 6) is 1.08. The van der Waals surface area contributed by atoms with Crippen molar-refractivity contribution in [3.63, 3.8) is 0 Å². The van der Waals surface area contributed by atoms with Crippen LogP contribution in [0.4, 0.5) is 0 Å². The van der Waals surface area contributed by atoms with Crippen LogP contribution >= 0.6 is 24.0 Å². The van der Waals surface area contributed by atoms with E-state index in [2.05, 4.69) is 22.1 Å². The minimum atomic E-state index is 0. The molecule has 1 aliphatic carbocycles. The second kappa shape index (κ2) is 7.53. The standard InChI is InChI=1S/C13H25N3O.HI/c1-3-14-12(15-8-10-17-2)16-9-7-13(11-16)5-4-6-13;/h3-11H2,1-2H3,(H,14,15);1H. The van der Waals surface area contributed by atoms with Gasteiger partial charge in [-0.05, 0) is 31.6 Å². The number of nitrogens with one attached hydrogen (secondary N) is 1. The van der Waals surface area contributed by atoms with E-state index >= 15 is 0 Å². The van der Waals surface area contributed by atoms with Crippen LogP contribution in [-0.2, 0) is 4.74 Å². The number of aliphatic imine (C=N–C) groups is 1. The largest absolute Gasteiger partial charge is 0.383 e. The molecule has 2 aliphatic rings. The Morgan fingerprint density at radius 1 is 1.39 bits per heavy atom. The number of rotatable bonds is 4. The van der Waals surface area contributed by atoms with Gasteiger partial charge in [0.05, 0.1) is 13.2 Å². The Kier molecular flexibility index (Phi) is 6.70. The molecule has 1 saturated heterocycles. The van der Waals surface area contributed by atoms with E-state index in [0.717, 1.165) is 19.0 Å². The van der Waals surface area contributed by atoms with E-state index in [1.54, 1.807) is 7.11 Å². The number of halogens is 1. The van der Waals surface area contributed by atoms with Gasteiger partial charge in [0.15, 0.2) is 5.96 Å². The molecule has 0 amide bonds. The highest BCUT2D eigenvalue weighted by atomic mass is 127. The number of guanidine groups is 1. The summed E-state index contributed by atoms with van der Waals surface area (Å²) in [4.78, 5) is 7.04. The van der Waals surface area contributed by atoms with Crippen LogP contribution in [0.5, 0.6) is 0 Å². The number of methoxy groups -OCH3 is 1. The SMILES string of the molecule is CCNC(=NCCOC)N1CCC2(CCC2)C1.I. The first-order valence-electron chi connectivity index (χ1n) is 6.82. The minimum Gasteiger partial charge on any atom is -0.383 e. The first-order chi connectivity index (χ1) is 8.29. The fraction of sp³-hybridized carbons (Fsp3) is 0.923. The van der Waals surface area contributed by atoms with E-state index in [9.17, 15) is 0 Å². The summed E-state index contributed by atoms with van der Waals surface area (Å²) < 4.78 is 5.05. The van der Waals surface area contributed by atoms with Crippen LogP contribution in [0.15, 0.2) is 4.99 Å². The molecule has 0 radical (unpaired) electrons. The van der Waals surface area contributed by atoms with Gasteiger partial charge in [-0.2, -0.15) is 0 Å². The average Bonchev–Trinajstić information content (AvgIpc) is 2.73. The van der Waals surface area contributed by atoms with Crippen molar-refractivity contribution in [3.8, 4) is 0 Å². The quantitative estimate of drug-likeness (QED) is 0.358. The van der Waals surface area contributed by atoms with Gasteiger partial charge >= 0.3 is 0 Å². The Bertz CT molecular complexity index is 279. The molecule has 0 aromatic carbocycles. The maximum atomic E-state index is 5.05. The smallest absolute Gasteiger partial charge is 0.194 e. The topological polar surface area (TPSA) is 36.9 Å². The highest BCUT2D eigenvalue weighted by Gasteiger charge is 2.43. The highest BCUT2D eigenvalue weighted by Crippen LogP contribution is 2.47. The van der Waals surface area contributed by atoms with Gasteiger partial charge in [0.25, 0.3) is 0 Å². The van der Waals surface area contributed by atoms with Crippen LogP contribution in [0, 0.1) is 5.41 Å². The number of nitrogens with zero attached hydrogens (tertiary/aromatic N) is 2. The summed E-state index contributed by atoms with van der Waals surface area (Å²) in [5.41, 5.74) is 0.636. The molecule has 0 bridgehead atoms. The Labute approximate surface area is 128 Å². The van der Waals surface area contributed by atoms with Crippen LogP contribution in [0.3, 0.4) is 0 Å². The van der Waals surface area contributed by atoms with Gasteiger partial charge in [-0.25, -0.2) is 0 Å². The molecule has 0 aromatic heterocycles. The van der Waals surface area contributed by atoms with Gasteiger partial charge in [-0.1, -0.05) is 6.42 Å². The summed E-state index contributed by atoms with van der Waals surface area (Å²) in [5, 5.41) is 3.39. The van der Waals surface area contributed by atoms with Crippen LogP contribution in [0.25, 0.3) is 0 Å². The summed E-state index contributed by atoms with van der Waals surface area (Å²) in [6.45, 7) is 6.89. The minimum absolute atomic E-state index is 0. The molecule has 0 unspecified atom stereocenters. The van der Waals surface area contributed by atoms with Gasteiger partial charge < -0.3 is 15.0 Å². The third kappa shape index (κ3) is 3.73. The molecule has 5 heteroatoms. The maximum absolute atomic E-state index is 5.05. The van der Waals surface area contributed by atoms with E-state index in [1.807, 2.05) is 0 Å². The zero-order valence-corrected chi connectivity index (χ0v) is 13.9. The van der Waals surface area contributed by atoms with Crippen molar-refractivity contribution in [2.24, 2.45) is 10.4 Å². The predicted molar refractivity (Wildman–Crippen MR) is 85.7 cm³/mol.